The molecule has 0 atom stereocenters. The first kappa shape index (κ1) is 11.2. The minimum absolute atomic E-state index is 0.159. The Balaban J connectivity index is 2.02. The number of carbonyl (C=O) groups excluding carboxylic acids is 1. The van der Waals surface area contributed by atoms with Gasteiger partial charge < -0.3 is 5.32 Å². The SMILES string of the molecule is CC1(C(=O)Nc2ccccc2)CCCCC1. The van der Waals surface area contributed by atoms with Crippen LogP contribution in [0.4, 0.5) is 5.69 Å². The van der Waals surface area contributed by atoms with Crippen molar-refractivity contribution in [3.05, 3.63) is 30.3 Å². The van der Waals surface area contributed by atoms with Crippen molar-refractivity contribution in [3.8, 4) is 0 Å². The smallest absolute Gasteiger partial charge is 0.230 e. The van der Waals surface area contributed by atoms with E-state index in [0.717, 1.165) is 18.5 Å². The first-order valence-electron chi connectivity index (χ1n) is 6.07. The molecule has 1 fully saturated rings. The van der Waals surface area contributed by atoms with Crippen molar-refractivity contribution in [1.29, 1.82) is 0 Å². The maximum atomic E-state index is 12.2. The standard InChI is InChI=1S/C14H19NO/c1-14(10-6-3-7-11-14)13(16)15-12-8-4-2-5-9-12/h2,4-5,8-9H,3,6-7,10-11H2,1H3,(H,15,16). The highest BCUT2D eigenvalue weighted by Crippen LogP contribution is 2.36. The molecule has 1 aromatic carbocycles. The summed E-state index contributed by atoms with van der Waals surface area (Å²) in [7, 11) is 0. The first-order valence-corrected chi connectivity index (χ1v) is 6.07. The van der Waals surface area contributed by atoms with Crippen LogP contribution < -0.4 is 5.32 Å². The third-order valence-corrected chi connectivity index (χ3v) is 3.54. The van der Waals surface area contributed by atoms with Crippen LogP contribution in [0.25, 0.3) is 0 Å². The van der Waals surface area contributed by atoms with E-state index in [1.807, 2.05) is 30.3 Å². The molecule has 0 radical (unpaired) electrons. The Hall–Kier alpha value is -1.31. The topological polar surface area (TPSA) is 29.1 Å². The predicted octanol–water partition coefficient (Wildman–Crippen LogP) is 3.60. The van der Waals surface area contributed by atoms with Crippen molar-refractivity contribution in [1.82, 2.24) is 0 Å². The van der Waals surface area contributed by atoms with E-state index in [1.54, 1.807) is 0 Å². The zero-order valence-electron chi connectivity index (χ0n) is 9.83. The van der Waals surface area contributed by atoms with E-state index in [1.165, 1.54) is 19.3 Å². The Morgan fingerprint density at radius 2 is 1.75 bits per heavy atom. The Kier molecular flexibility index (Phi) is 3.28. The highest BCUT2D eigenvalue weighted by Gasteiger charge is 2.34. The molecule has 86 valence electrons. The molecule has 0 aromatic heterocycles. The van der Waals surface area contributed by atoms with Gasteiger partial charge in [0.25, 0.3) is 0 Å². The third-order valence-electron chi connectivity index (χ3n) is 3.54. The Morgan fingerprint density at radius 1 is 1.12 bits per heavy atom. The minimum atomic E-state index is -0.159. The second-order valence-corrected chi connectivity index (χ2v) is 4.94. The van der Waals surface area contributed by atoms with Crippen molar-refractivity contribution in [2.24, 2.45) is 5.41 Å². The summed E-state index contributed by atoms with van der Waals surface area (Å²) in [6.07, 6.45) is 5.67. The fourth-order valence-electron chi connectivity index (χ4n) is 2.36. The highest BCUT2D eigenvalue weighted by molar-refractivity contribution is 5.95. The lowest BCUT2D eigenvalue weighted by atomic mass is 9.75. The van der Waals surface area contributed by atoms with Gasteiger partial charge in [-0.25, -0.2) is 0 Å². The van der Waals surface area contributed by atoms with Crippen LogP contribution in [0, 0.1) is 5.41 Å². The number of rotatable bonds is 2. The summed E-state index contributed by atoms with van der Waals surface area (Å²) in [5, 5.41) is 3.01. The zero-order chi connectivity index (χ0) is 11.4. The van der Waals surface area contributed by atoms with Gasteiger partial charge in [-0.1, -0.05) is 44.4 Å². The van der Waals surface area contributed by atoms with Crippen LogP contribution in [0.1, 0.15) is 39.0 Å². The van der Waals surface area contributed by atoms with E-state index in [0.29, 0.717) is 0 Å². The van der Waals surface area contributed by atoms with Crippen molar-refractivity contribution >= 4 is 11.6 Å². The van der Waals surface area contributed by atoms with E-state index < -0.39 is 0 Å². The van der Waals surface area contributed by atoms with Gasteiger partial charge in [0.1, 0.15) is 0 Å². The molecule has 2 nitrogen and oxygen atoms in total. The van der Waals surface area contributed by atoms with Gasteiger partial charge in [0.15, 0.2) is 0 Å². The summed E-state index contributed by atoms with van der Waals surface area (Å²) >= 11 is 0. The molecule has 16 heavy (non-hydrogen) atoms. The van der Waals surface area contributed by atoms with E-state index in [2.05, 4.69) is 12.2 Å². The quantitative estimate of drug-likeness (QED) is 0.805. The summed E-state index contributed by atoms with van der Waals surface area (Å²) in [5.74, 6) is 0.179. The number of anilines is 1. The number of amides is 1. The molecule has 1 saturated carbocycles. The largest absolute Gasteiger partial charge is 0.326 e. The minimum Gasteiger partial charge on any atom is -0.326 e. The molecule has 2 heteroatoms. The van der Waals surface area contributed by atoms with Gasteiger partial charge >= 0.3 is 0 Å². The maximum absolute atomic E-state index is 12.2. The first-order chi connectivity index (χ1) is 7.71. The molecule has 1 aromatic rings. The van der Waals surface area contributed by atoms with Crippen molar-refractivity contribution < 1.29 is 4.79 Å². The summed E-state index contributed by atoms with van der Waals surface area (Å²) in [6, 6.07) is 9.71. The van der Waals surface area contributed by atoms with E-state index >= 15 is 0 Å². The number of nitrogens with one attached hydrogen (secondary N) is 1. The summed E-state index contributed by atoms with van der Waals surface area (Å²) in [5.41, 5.74) is 0.743. The summed E-state index contributed by atoms with van der Waals surface area (Å²) in [4.78, 5) is 12.2. The number of hydrogen-bond acceptors (Lipinski definition) is 1. The van der Waals surface area contributed by atoms with Gasteiger partial charge in [0.2, 0.25) is 5.91 Å². The van der Waals surface area contributed by atoms with Gasteiger partial charge in [-0.05, 0) is 25.0 Å². The van der Waals surface area contributed by atoms with Crippen LogP contribution in [0.3, 0.4) is 0 Å². The van der Waals surface area contributed by atoms with Crippen LogP contribution in [-0.4, -0.2) is 5.91 Å². The molecule has 0 spiro atoms. The van der Waals surface area contributed by atoms with Crippen molar-refractivity contribution in [3.63, 3.8) is 0 Å². The lowest BCUT2D eigenvalue weighted by Crippen LogP contribution is -2.35. The maximum Gasteiger partial charge on any atom is 0.230 e. The molecular formula is C14H19NO. The Bertz CT molecular complexity index is 352. The lowest BCUT2D eigenvalue weighted by molar-refractivity contribution is -0.126. The summed E-state index contributed by atoms with van der Waals surface area (Å²) < 4.78 is 0. The molecule has 0 aliphatic heterocycles. The second kappa shape index (κ2) is 4.69. The van der Waals surface area contributed by atoms with Gasteiger partial charge in [0, 0.05) is 11.1 Å². The molecule has 0 heterocycles. The van der Waals surface area contributed by atoms with Crippen LogP contribution in [0.2, 0.25) is 0 Å². The zero-order valence-corrected chi connectivity index (χ0v) is 9.83. The molecule has 1 N–H and O–H groups in total. The molecule has 0 bridgehead atoms. The highest BCUT2D eigenvalue weighted by atomic mass is 16.2. The fourth-order valence-corrected chi connectivity index (χ4v) is 2.36. The molecule has 1 aliphatic carbocycles. The number of para-hydroxylation sites is 1. The van der Waals surface area contributed by atoms with E-state index in [-0.39, 0.29) is 11.3 Å². The van der Waals surface area contributed by atoms with Gasteiger partial charge in [0.05, 0.1) is 0 Å². The van der Waals surface area contributed by atoms with E-state index in [9.17, 15) is 4.79 Å². The Morgan fingerprint density at radius 3 is 2.38 bits per heavy atom. The van der Waals surface area contributed by atoms with Gasteiger partial charge in [-0.3, -0.25) is 4.79 Å². The summed E-state index contributed by atoms with van der Waals surface area (Å²) in [6.45, 7) is 2.09. The predicted molar refractivity (Wildman–Crippen MR) is 66.3 cm³/mol. The molecule has 1 amide bonds. The number of benzene rings is 1. The number of hydrogen-bond donors (Lipinski definition) is 1. The molecule has 2 rings (SSSR count). The van der Waals surface area contributed by atoms with Crippen LogP contribution in [0.15, 0.2) is 30.3 Å². The molecule has 0 saturated heterocycles. The Labute approximate surface area is 97.1 Å². The average Bonchev–Trinajstić information content (AvgIpc) is 2.31. The number of carbonyl (C=O) groups is 1. The van der Waals surface area contributed by atoms with Crippen LogP contribution >= 0.6 is 0 Å². The molecule has 0 unspecified atom stereocenters. The second-order valence-electron chi connectivity index (χ2n) is 4.94. The van der Waals surface area contributed by atoms with Crippen molar-refractivity contribution in [2.45, 2.75) is 39.0 Å². The van der Waals surface area contributed by atoms with Crippen molar-refractivity contribution in [2.75, 3.05) is 5.32 Å². The molecular weight excluding hydrogens is 198 g/mol. The average molecular weight is 217 g/mol. The van der Waals surface area contributed by atoms with Gasteiger partial charge in [-0.15, -0.1) is 0 Å². The van der Waals surface area contributed by atoms with Gasteiger partial charge in [-0.2, -0.15) is 0 Å². The monoisotopic (exact) mass is 217 g/mol. The van der Waals surface area contributed by atoms with Crippen LogP contribution in [-0.2, 0) is 4.79 Å². The fraction of sp³-hybridized carbons (Fsp3) is 0.500. The van der Waals surface area contributed by atoms with E-state index in [4.69, 9.17) is 0 Å². The normalized spacial score (nSPS) is 19.1. The lowest BCUT2D eigenvalue weighted by Gasteiger charge is -2.31. The molecule has 1 aliphatic rings. The van der Waals surface area contributed by atoms with Crippen LogP contribution in [0.5, 0.6) is 0 Å². The third kappa shape index (κ3) is 2.43.